The van der Waals surface area contributed by atoms with Gasteiger partial charge in [0, 0.05) is 19.3 Å². The predicted molar refractivity (Wildman–Crippen MR) is 116 cm³/mol. The number of aryl methyl sites for hydroxylation is 1. The van der Waals surface area contributed by atoms with Gasteiger partial charge in [-0.1, -0.05) is 36.4 Å². The Morgan fingerprint density at radius 3 is 2.80 bits per heavy atom. The minimum Gasteiger partial charge on any atom is -0.349 e. The molecule has 0 bridgehead atoms. The SMILES string of the molecule is O=C(NC1CCCc2ccccc21)C1CN(C(=O)c2cccs2)Cc2cccnc21. The average molecular weight is 418 g/mol. The van der Waals surface area contributed by atoms with Gasteiger partial charge in [-0.25, -0.2) is 0 Å². The lowest BCUT2D eigenvalue weighted by Gasteiger charge is -2.34. The number of carbonyl (C=O) groups excluding carboxylic acids is 2. The molecule has 1 aromatic carbocycles. The van der Waals surface area contributed by atoms with Crippen molar-refractivity contribution in [1.29, 1.82) is 0 Å². The Balaban J connectivity index is 1.41. The third-order valence-corrected chi connectivity index (χ3v) is 6.90. The van der Waals surface area contributed by atoms with Crippen molar-refractivity contribution < 1.29 is 9.59 Å². The number of pyridine rings is 1. The zero-order valence-electron chi connectivity index (χ0n) is 16.6. The summed E-state index contributed by atoms with van der Waals surface area (Å²) in [7, 11) is 0. The van der Waals surface area contributed by atoms with E-state index in [1.807, 2.05) is 35.7 Å². The Bertz CT molecular complexity index is 1080. The van der Waals surface area contributed by atoms with Gasteiger partial charge in [-0.3, -0.25) is 14.6 Å². The summed E-state index contributed by atoms with van der Waals surface area (Å²) < 4.78 is 0. The van der Waals surface area contributed by atoms with Crippen LogP contribution in [0.2, 0.25) is 0 Å². The number of fused-ring (bicyclic) bond motifs is 2. The van der Waals surface area contributed by atoms with Crippen LogP contribution in [0, 0.1) is 0 Å². The van der Waals surface area contributed by atoms with E-state index in [0.717, 1.165) is 30.5 Å². The van der Waals surface area contributed by atoms with Crippen LogP contribution in [0.3, 0.4) is 0 Å². The van der Waals surface area contributed by atoms with Gasteiger partial charge in [0.25, 0.3) is 5.91 Å². The lowest BCUT2D eigenvalue weighted by atomic mass is 9.87. The Morgan fingerprint density at radius 1 is 1.07 bits per heavy atom. The van der Waals surface area contributed by atoms with E-state index in [0.29, 0.717) is 18.0 Å². The molecule has 0 spiro atoms. The van der Waals surface area contributed by atoms with E-state index in [9.17, 15) is 9.59 Å². The first kappa shape index (κ1) is 19.0. The Morgan fingerprint density at radius 2 is 1.93 bits per heavy atom. The molecule has 5 nitrogen and oxygen atoms in total. The van der Waals surface area contributed by atoms with Crippen LogP contribution in [0.1, 0.15) is 56.9 Å². The second-order valence-corrected chi connectivity index (χ2v) is 8.86. The second kappa shape index (κ2) is 8.03. The van der Waals surface area contributed by atoms with Crippen molar-refractivity contribution in [3.05, 3.63) is 87.4 Å². The smallest absolute Gasteiger partial charge is 0.264 e. The van der Waals surface area contributed by atoms with Crippen molar-refractivity contribution in [3.8, 4) is 0 Å². The van der Waals surface area contributed by atoms with Crippen LogP contribution >= 0.6 is 11.3 Å². The lowest BCUT2D eigenvalue weighted by Crippen LogP contribution is -2.45. The molecule has 2 aromatic heterocycles. The lowest BCUT2D eigenvalue weighted by molar-refractivity contribution is -0.124. The van der Waals surface area contributed by atoms with Crippen LogP contribution in [0.25, 0.3) is 0 Å². The van der Waals surface area contributed by atoms with Crippen LogP contribution in [-0.4, -0.2) is 28.2 Å². The molecule has 2 unspecified atom stereocenters. The molecule has 1 aliphatic heterocycles. The monoisotopic (exact) mass is 417 g/mol. The molecule has 3 aromatic rings. The summed E-state index contributed by atoms with van der Waals surface area (Å²) in [5.74, 6) is -0.548. The Hall–Kier alpha value is -2.99. The molecule has 0 saturated heterocycles. The van der Waals surface area contributed by atoms with E-state index in [-0.39, 0.29) is 17.9 Å². The van der Waals surface area contributed by atoms with Crippen molar-refractivity contribution in [2.45, 2.75) is 37.8 Å². The number of hydrogen-bond donors (Lipinski definition) is 1. The van der Waals surface area contributed by atoms with Gasteiger partial charge in [0.2, 0.25) is 5.91 Å². The first-order valence-corrected chi connectivity index (χ1v) is 11.2. The van der Waals surface area contributed by atoms with Gasteiger partial charge in [0.1, 0.15) is 0 Å². The molecule has 0 radical (unpaired) electrons. The highest BCUT2D eigenvalue weighted by Gasteiger charge is 2.35. The number of nitrogens with one attached hydrogen (secondary N) is 1. The molecule has 1 N–H and O–H groups in total. The number of hydrogen-bond acceptors (Lipinski definition) is 4. The minimum absolute atomic E-state index is 0.0120. The van der Waals surface area contributed by atoms with Gasteiger partial charge in [0.15, 0.2) is 0 Å². The largest absolute Gasteiger partial charge is 0.349 e. The Kier molecular flexibility index (Phi) is 5.09. The zero-order valence-corrected chi connectivity index (χ0v) is 17.4. The highest BCUT2D eigenvalue weighted by Crippen LogP contribution is 2.32. The fourth-order valence-electron chi connectivity index (χ4n) is 4.57. The minimum atomic E-state index is -0.465. The van der Waals surface area contributed by atoms with Gasteiger partial charge in [0.05, 0.1) is 22.5 Å². The van der Waals surface area contributed by atoms with Crippen LogP contribution in [0.5, 0.6) is 0 Å². The van der Waals surface area contributed by atoms with E-state index >= 15 is 0 Å². The summed E-state index contributed by atoms with van der Waals surface area (Å²) in [6.07, 6.45) is 4.78. The first-order chi connectivity index (χ1) is 14.7. The maximum absolute atomic E-state index is 13.4. The van der Waals surface area contributed by atoms with Gasteiger partial charge >= 0.3 is 0 Å². The van der Waals surface area contributed by atoms with Crippen LogP contribution in [0.4, 0.5) is 0 Å². The average Bonchev–Trinajstić information content (AvgIpc) is 3.33. The van der Waals surface area contributed by atoms with E-state index in [1.54, 1.807) is 11.1 Å². The quantitative estimate of drug-likeness (QED) is 0.699. The fraction of sp³-hybridized carbons (Fsp3) is 0.292. The summed E-state index contributed by atoms with van der Waals surface area (Å²) >= 11 is 1.43. The first-order valence-electron chi connectivity index (χ1n) is 10.4. The summed E-state index contributed by atoms with van der Waals surface area (Å²) in [5.41, 5.74) is 4.25. The van der Waals surface area contributed by atoms with Crippen LogP contribution in [0.15, 0.2) is 60.1 Å². The summed E-state index contributed by atoms with van der Waals surface area (Å²) in [5, 5.41) is 5.17. The standard InChI is InChI=1S/C24H23N3O2S/c28-23(26-20-10-3-7-16-6-1-2-9-18(16)20)19-15-27(24(29)21-11-5-13-30-21)14-17-8-4-12-25-22(17)19/h1-2,4-6,8-9,11-13,19-20H,3,7,10,14-15H2,(H,26,28). The fourth-order valence-corrected chi connectivity index (χ4v) is 5.26. The maximum atomic E-state index is 13.4. The molecular weight excluding hydrogens is 394 g/mol. The molecule has 6 heteroatoms. The van der Waals surface area contributed by atoms with Crippen molar-refractivity contribution in [1.82, 2.24) is 15.2 Å². The Labute approximate surface area is 179 Å². The molecule has 0 fully saturated rings. The second-order valence-electron chi connectivity index (χ2n) is 7.92. The number of benzene rings is 1. The number of thiophene rings is 1. The number of carbonyl (C=O) groups is 2. The molecule has 2 amide bonds. The third kappa shape index (κ3) is 3.52. The normalized spacial score (nSPS) is 20.2. The summed E-state index contributed by atoms with van der Waals surface area (Å²) in [6.45, 7) is 0.830. The van der Waals surface area contributed by atoms with Crippen molar-refractivity contribution in [2.75, 3.05) is 6.54 Å². The molecule has 2 aliphatic rings. The van der Waals surface area contributed by atoms with Crippen LogP contribution in [-0.2, 0) is 17.8 Å². The molecule has 3 heterocycles. The molecule has 2 atom stereocenters. The molecule has 152 valence electrons. The number of nitrogens with zero attached hydrogens (tertiary/aromatic N) is 2. The highest BCUT2D eigenvalue weighted by atomic mass is 32.1. The van der Waals surface area contributed by atoms with E-state index in [4.69, 9.17) is 0 Å². The van der Waals surface area contributed by atoms with Crippen LogP contribution < -0.4 is 5.32 Å². The third-order valence-electron chi connectivity index (χ3n) is 6.04. The van der Waals surface area contributed by atoms with Crippen molar-refractivity contribution in [2.24, 2.45) is 0 Å². The summed E-state index contributed by atoms with van der Waals surface area (Å²) in [6, 6.07) is 15.9. The number of rotatable bonds is 3. The molecule has 5 rings (SSSR count). The van der Waals surface area contributed by atoms with Gasteiger partial charge in [-0.15, -0.1) is 11.3 Å². The predicted octanol–water partition coefficient (Wildman–Crippen LogP) is 4.08. The topological polar surface area (TPSA) is 62.3 Å². The van der Waals surface area contributed by atoms with E-state index in [2.05, 4.69) is 28.5 Å². The molecule has 30 heavy (non-hydrogen) atoms. The van der Waals surface area contributed by atoms with Gasteiger partial charge in [-0.2, -0.15) is 0 Å². The maximum Gasteiger partial charge on any atom is 0.264 e. The van der Waals surface area contributed by atoms with Crippen molar-refractivity contribution in [3.63, 3.8) is 0 Å². The molecular formula is C24H23N3O2S. The molecule has 1 aliphatic carbocycles. The number of aromatic nitrogens is 1. The van der Waals surface area contributed by atoms with E-state index < -0.39 is 5.92 Å². The highest BCUT2D eigenvalue weighted by molar-refractivity contribution is 7.12. The zero-order chi connectivity index (χ0) is 20.5. The van der Waals surface area contributed by atoms with Gasteiger partial charge < -0.3 is 10.2 Å². The van der Waals surface area contributed by atoms with Crippen molar-refractivity contribution >= 4 is 23.2 Å². The number of amides is 2. The summed E-state index contributed by atoms with van der Waals surface area (Å²) in [4.78, 5) is 33.4. The van der Waals surface area contributed by atoms with Gasteiger partial charge in [-0.05, 0) is 53.5 Å². The molecule has 0 saturated carbocycles. The van der Waals surface area contributed by atoms with E-state index in [1.165, 1.54) is 22.5 Å².